The highest BCUT2D eigenvalue weighted by Gasteiger charge is 2.44. The second kappa shape index (κ2) is 19.9. The van der Waals surface area contributed by atoms with E-state index in [0.717, 1.165) is 188 Å². The molecular formula is C90H52BN3O3. The summed E-state index contributed by atoms with van der Waals surface area (Å²) in [5.74, 6) is 1.65. The monoisotopic (exact) mass is 1230 g/mol. The molecule has 2 aliphatic rings. The van der Waals surface area contributed by atoms with Crippen molar-refractivity contribution in [2.45, 2.75) is 0 Å². The molecular weight excluding hydrogens is 1180 g/mol. The van der Waals surface area contributed by atoms with Crippen LogP contribution in [0.2, 0.25) is 0 Å². The minimum absolute atomic E-state index is 0.334. The topological polar surface area (TPSA) is 50.3 Å². The van der Waals surface area contributed by atoms with E-state index in [-0.39, 0.29) is 6.71 Å². The van der Waals surface area contributed by atoms with Gasteiger partial charge >= 0.3 is 0 Å². The Balaban J connectivity index is 0.889. The lowest BCUT2D eigenvalue weighted by Gasteiger charge is -2.35. The Hall–Kier alpha value is -12.8. The van der Waals surface area contributed by atoms with E-state index in [2.05, 4.69) is 329 Å². The lowest BCUT2D eigenvalue weighted by molar-refractivity contribution is 0.489. The minimum Gasteiger partial charge on any atom is -0.458 e. The number of ether oxygens (including phenoxy) is 1. The highest BCUT2D eigenvalue weighted by molar-refractivity contribution is 6.99. The standard InChI is InChI=1S/C90H52BN3O3/c1-4-22-53(23-5-1)56-48-80-86-83(49-56)97-88-71(63-31-13-12-29-61(63)55-26-8-3-9-27-55)46-57(62-30-11-10-28-60(62)54-24-6-2-7-25-54)47-74(88)91(86)73-52-72-70-51-59(93-77-38-20-16-34-66(77)67-35-17-21-39-78(67)93)41-45-82(70)96-90(72)85-84-79(94(80)87(73)85)43-42-68-69-50-58(40-44-81(69)95-89(68)84)92-75-36-18-14-32-64(75)65-33-15-19-37-76(65)92/h1-52H. The maximum absolute atomic E-state index is 7.89. The van der Waals surface area contributed by atoms with Crippen LogP contribution >= 0.6 is 0 Å². The van der Waals surface area contributed by atoms with Gasteiger partial charge in [-0.15, -0.1) is 0 Å². The normalized spacial score (nSPS) is 12.6. The van der Waals surface area contributed by atoms with Crippen molar-refractivity contribution in [3.05, 3.63) is 315 Å². The van der Waals surface area contributed by atoms with Crippen LogP contribution in [0.4, 0.5) is 0 Å². The first-order chi connectivity index (χ1) is 48.1. The number of hydrogen-bond donors (Lipinski definition) is 0. The third-order valence-corrected chi connectivity index (χ3v) is 21.1. The molecule has 0 radical (unpaired) electrons. The highest BCUT2D eigenvalue weighted by Crippen LogP contribution is 2.51. The molecule has 6 nitrogen and oxygen atoms in total. The average Bonchev–Trinajstić information content (AvgIpc) is 1.55. The first-order valence-electron chi connectivity index (χ1n) is 33.3. The number of nitrogens with zero attached hydrogens (tertiary/aromatic N) is 3. The first kappa shape index (κ1) is 52.6. The van der Waals surface area contributed by atoms with Gasteiger partial charge in [0, 0.05) is 65.7 Å². The zero-order valence-corrected chi connectivity index (χ0v) is 52.2. The molecule has 97 heavy (non-hydrogen) atoms. The van der Waals surface area contributed by atoms with E-state index in [0.29, 0.717) is 0 Å². The van der Waals surface area contributed by atoms with Crippen LogP contribution in [-0.2, 0) is 0 Å². The third kappa shape index (κ3) is 7.40. The molecule has 7 heterocycles. The van der Waals surface area contributed by atoms with Gasteiger partial charge in [0.15, 0.2) is 0 Å². The smallest absolute Gasteiger partial charge is 0.256 e. The molecule has 0 unspecified atom stereocenters. The fourth-order valence-electron chi connectivity index (χ4n) is 17.0. The summed E-state index contributed by atoms with van der Waals surface area (Å²) in [4.78, 5) is 0. The first-order valence-corrected chi connectivity index (χ1v) is 33.3. The average molecular weight is 1230 g/mol. The van der Waals surface area contributed by atoms with E-state index in [1.807, 2.05) is 0 Å². The SMILES string of the molecule is c1ccc(-c2cc3c4c(c2)-n2c5ccc6c7cc(-n8c9ccccc9c9ccccc98)ccc7oc6c5c5c6oc7ccc(-n8c9ccccc9c9ccccc98)cc7c6cc(c52)B4c2cc(-c4ccccc4-c4ccccc4)cc(-c4ccccc4-c4ccccc4)c2O3)cc1. The fourth-order valence-corrected chi connectivity index (χ4v) is 17.0. The van der Waals surface area contributed by atoms with Crippen LogP contribution in [0.3, 0.4) is 0 Å². The second-order valence-electron chi connectivity index (χ2n) is 26.1. The molecule has 0 N–H and O–H groups in total. The van der Waals surface area contributed by atoms with Crippen molar-refractivity contribution in [2.24, 2.45) is 0 Å². The summed E-state index contributed by atoms with van der Waals surface area (Å²) in [7, 11) is 0. The molecule has 0 saturated carbocycles. The van der Waals surface area contributed by atoms with E-state index in [4.69, 9.17) is 13.6 Å². The number of hydrogen-bond acceptors (Lipinski definition) is 3. The van der Waals surface area contributed by atoms with Crippen LogP contribution in [0.1, 0.15) is 0 Å². The Labute approximate surface area is 556 Å². The molecule has 0 spiro atoms. The lowest BCUT2D eigenvalue weighted by atomic mass is 9.34. The largest absolute Gasteiger partial charge is 0.458 e. The number of rotatable bonds is 7. The maximum Gasteiger partial charge on any atom is 0.256 e. The fraction of sp³-hybridized carbons (Fsp3) is 0. The number of fused-ring (bicyclic) bond motifs is 21. The summed E-state index contributed by atoms with van der Waals surface area (Å²) in [5, 5.41) is 11.0. The third-order valence-electron chi connectivity index (χ3n) is 21.1. The van der Waals surface area contributed by atoms with E-state index >= 15 is 0 Å². The van der Waals surface area contributed by atoms with E-state index in [9.17, 15) is 0 Å². The van der Waals surface area contributed by atoms with Gasteiger partial charge in [-0.1, -0.05) is 224 Å². The molecule has 7 heteroatoms. The molecule has 0 fully saturated rings. The molecule has 2 aliphatic heterocycles. The molecule has 22 rings (SSSR count). The molecule has 0 bridgehead atoms. The van der Waals surface area contributed by atoms with Gasteiger partial charge in [0.2, 0.25) is 0 Å². The van der Waals surface area contributed by atoms with Gasteiger partial charge in [-0.05, 0) is 157 Å². The van der Waals surface area contributed by atoms with Crippen molar-refractivity contribution >= 4 is 132 Å². The Kier molecular flexibility index (Phi) is 10.8. The second-order valence-corrected chi connectivity index (χ2v) is 26.1. The van der Waals surface area contributed by atoms with E-state index in [1.165, 1.54) is 21.5 Å². The molecule has 0 amide bonds. The molecule has 0 aliphatic carbocycles. The Morgan fingerprint density at radius 3 is 1.31 bits per heavy atom. The Bertz CT molecular complexity index is 6680. The van der Waals surface area contributed by atoms with Gasteiger partial charge in [0.1, 0.15) is 33.8 Å². The van der Waals surface area contributed by atoms with E-state index < -0.39 is 0 Å². The molecule has 448 valence electrons. The molecule has 5 aromatic heterocycles. The molecule has 15 aromatic carbocycles. The van der Waals surface area contributed by atoms with Gasteiger partial charge in [-0.3, -0.25) is 0 Å². The van der Waals surface area contributed by atoms with Gasteiger partial charge in [-0.2, -0.15) is 0 Å². The summed E-state index contributed by atoms with van der Waals surface area (Å²) in [6, 6.07) is 115. The van der Waals surface area contributed by atoms with Gasteiger partial charge in [0.25, 0.3) is 6.71 Å². The summed E-state index contributed by atoms with van der Waals surface area (Å²) >= 11 is 0. The van der Waals surface area contributed by atoms with Crippen molar-refractivity contribution in [1.29, 1.82) is 0 Å². The predicted octanol–water partition coefficient (Wildman–Crippen LogP) is 22.0. The van der Waals surface area contributed by atoms with Crippen LogP contribution < -0.4 is 21.1 Å². The summed E-state index contributed by atoms with van der Waals surface area (Å²) in [6.07, 6.45) is 0. The quantitative estimate of drug-likeness (QED) is 0.149. The van der Waals surface area contributed by atoms with Crippen LogP contribution in [0.15, 0.2) is 324 Å². The summed E-state index contributed by atoms with van der Waals surface area (Å²) in [5.41, 5.74) is 27.5. The van der Waals surface area contributed by atoms with Crippen molar-refractivity contribution in [1.82, 2.24) is 13.7 Å². The summed E-state index contributed by atoms with van der Waals surface area (Å²) < 4.78 is 30.2. The van der Waals surface area contributed by atoms with Crippen molar-refractivity contribution < 1.29 is 13.6 Å². The lowest BCUT2D eigenvalue weighted by Crippen LogP contribution is -2.58. The zero-order valence-electron chi connectivity index (χ0n) is 52.2. The van der Waals surface area contributed by atoms with Gasteiger partial charge in [0.05, 0.1) is 43.9 Å². The van der Waals surface area contributed by atoms with Crippen molar-refractivity contribution in [3.63, 3.8) is 0 Å². The molecule has 0 atom stereocenters. The minimum atomic E-state index is -0.334. The maximum atomic E-state index is 7.89. The molecule has 0 saturated heterocycles. The van der Waals surface area contributed by atoms with Gasteiger partial charge in [-0.25, -0.2) is 0 Å². The predicted molar refractivity (Wildman–Crippen MR) is 402 cm³/mol. The van der Waals surface area contributed by atoms with Crippen LogP contribution in [-0.4, -0.2) is 20.4 Å². The van der Waals surface area contributed by atoms with Crippen molar-refractivity contribution in [2.75, 3.05) is 0 Å². The zero-order chi connectivity index (χ0) is 63.1. The Morgan fingerprint density at radius 2 is 0.742 bits per heavy atom. The van der Waals surface area contributed by atoms with Crippen molar-refractivity contribution in [3.8, 4) is 84.2 Å². The van der Waals surface area contributed by atoms with Crippen LogP contribution in [0.25, 0.3) is 182 Å². The number of furan rings is 2. The number of aromatic nitrogens is 3. The van der Waals surface area contributed by atoms with E-state index in [1.54, 1.807) is 0 Å². The van der Waals surface area contributed by atoms with Crippen LogP contribution in [0, 0.1) is 0 Å². The highest BCUT2D eigenvalue weighted by atomic mass is 16.5. The van der Waals surface area contributed by atoms with Gasteiger partial charge < -0.3 is 27.3 Å². The Morgan fingerprint density at radius 1 is 0.268 bits per heavy atom. The molecule has 20 aromatic rings. The summed E-state index contributed by atoms with van der Waals surface area (Å²) in [6.45, 7) is -0.334. The number of benzene rings is 15. The number of para-hydroxylation sites is 4. The van der Waals surface area contributed by atoms with Crippen LogP contribution in [0.5, 0.6) is 11.5 Å².